The average molecular weight is 503 g/mol. The van der Waals surface area contributed by atoms with E-state index >= 15 is 0 Å². The third kappa shape index (κ3) is 6.90. The van der Waals surface area contributed by atoms with Crippen molar-refractivity contribution in [2.75, 3.05) is 80.5 Å². The largest absolute Gasteiger partial charge is 0.452 e. The van der Waals surface area contributed by atoms with Gasteiger partial charge in [-0.25, -0.2) is 9.56 Å². The number of ether oxygens (including phenoxy) is 2. The molecule has 34 heavy (non-hydrogen) atoms. The molecule has 0 N–H and O–H groups in total. The van der Waals surface area contributed by atoms with Crippen LogP contribution < -0.4 is 14.8 Å². The summed E-state index contributed by atoms with van der Waals surface area (Å²) in [5, 5.41) is 1.19. The van der Waals surface area contributed by atoms with Gasteiger partial charge in [0.05, 0.1) is 44.0 Å². The Morgan fingerprint density at radius 1 is 0.853 bits per heavy atom. The maximum Gasteiger partial charge on any atom is 0.203 e. The van der Waals surface area contributed by atoms with Crippen LogP contribution in [0.3, 0.4) is 0 Å². The van der Waals surface area contributed by atoms with E-state index in [2.05, 4.69) is 59.7 Å². The number of rotatable bonds is 3. The second kappa shape index (κ2) is 13.4. The van der Waals surface area contributed by atoms with Crippen LogP contribution >= 0.6 is 23.5 Å². The number of fused-ring (bicyclic) bond motifs is 2. The molecule has 2 aliphatic heterocycles. The Kier molecular flexibility index (Phi) is 9.98. The molecule has 8 heteroatoms. The molecule has 1 fully saturated rings. The van der Waals surface area contributed by atoms with Gasteiger partial charge in [0.25, 0.3) is 0 Å². The van der Waals surface area contributed by atoms with Crippen LogP contribution in [0.25, 0.3) is 22.6 Å². The van der Waals surface area contributed by atoms with E-state index in [1.54, 1.807) is 0 Å². The highest BCUT2D eigenvalue weighted by molar-refractivity contribution is 7.99. The van der Waals surface area contributed by atoms with Gasteiger partial charge in [-0.1, -0.05) is 0 Å². The molecule has 0 bridgehead atoms. The van der Waals surface area contributed by atoms with Gasteiger partial charge in [-0.2, -0.15) is 23.5 Å². The minimum absolute atomic E-state index is 0.692. The Labute approximate surface area is 211 Å². The van der Waals surface area contributed by atoms with Crippen molar-refractivity contribution in [2.45, 2.75) is 13.8 Å². The van der Waals surface area contributed by atoms with Crippen molar-refractivity contribution < 1.29 is 13.9 Å². The Balaban J connectivity index is 1.62. The lowest BCUT2D eigenvalue weighted by molar-refractivity contribution is 0.0605. The number of nitrogens with zero attached hydrogens (tertiary/aromatic N) is 3. The van der Waals surface area contributed by atoms with Gasteiger partial charge in [0, 0.05) is 42.4 Å². The van der Waals surface area contributed by atoms with Gasteiger partial charge in [0.15, 0.2) is 24.4 Å². The first kappa shape index (κ1) is 25.4. The van der Waals surface area contributed by atoms with Gasteiger partial charge in [0.1, 0.15) is 11.2 Å². The minimum Gasteiger partial charge on any atom is -0.452 e. The molecule has 1 aromatic carbocycles. The van der Waals surface area contributed by atoms with Crippen LogP contribution in [-0.2, 0) is 9.47 Å². The van der Waals surface area contributed by atoms with Crippen LogP contribution in [0.5, 0.6) is 0 Å². The van der Waals surface area contributed by atoms with Crippen molar-refractivity contribution in [2.24, 2.45) is 0 Å². The lowest BCUT2D eigenvalue weighted by Gasteiger charge is -2.21. The summed E-state index contributed by atoms with van der Waals surface area (Å²) in [6.07, 6.45) is 0. The molecule has 4 rings (SSSR count). The smallest absolute Gasteiger partial charge is 0.203 e. The molecule has 1 aliphatic carbocycles. The normalized spacial score (nSPS) is 17.4. The number of thioether (sulfide) groups is 2. The summed E-state index contributed by atoms with van der Waals surface area (Å²) >= 11 is 3.89. The van der Waals surface area contributed by atoms with E-state index in [0.717, 1.165) is 85.0 Å². The Bertz CT molecular complexity index is 1070. The quantitative estimate of drug-likeness (QED) is 0.395. The predicted molar refractivity (Wildman–Crippen MR) is 145 cm³/mol. The molecule has 6 nitrogen and oxygen atoms in total. The van der Waals surface area contributed by atoms with E-state index in [1.165, 1.54) is 11.0 Å². The van der Waals surface area contributed by atoms with Gasteiger partial charge >= 0.3 is 0 Å². The topological polar surface area (TPSA) is 50.7 Å². The molecule has 0 radical (unpaired) electrons. The summed E-state index contributed by atoms with van der Waals surface area (Å²) < 4.78 is 20.2. The zero-order chi connectivity index (χ0) is 23.6. The van der Waals surface area contributed by atoms with Crippen LogP contribution in [0.1, 0.15) is 13.8 Å². The molecule has 0 amide bonds. The summed E-state index contributed by atoms with van der Waals surface area (Å²) in [7, 11) is 0. The fourth-order valence-electron chi connectivity index (χ4n) is 4.07. The highest BCUT2D eigenvalue weighted by Crippen LogP contribution is 2.27. The lowest BCUT2D eigenvalue weighted by atomic mass is 10.2. The van der Waals surface area contributed by atoms with Crippen molar-refractivity contribution >= 4 is 40.3 Å². The highest BCUT2D eigenvalue weighted by Gasteiger charge is 2.14. The first-order valence-corrected chi connectivity index (χ1v) is 14.6. The van der Waals surface area contributed by atoms with Crippen molar-refractivity contribution in [1.82, 2.24) is 9.56 Å². The van der Waals surface area contributed by atoms with E-state index in [9.17, 15) is 0 Å². The predicted octanol–water partition coefficient (Wildman–Crippen LogP) is 4.06. The Morgan fingerprint density at radius 3 is 2.24 bits per heavy atom. The fourth-order valence-corrected chi connectivity index (χ4v) is 5.64. The summed E-state index contributed by atoms with van der Waals surface area (Å²) in [5.41, 5.74) is 3.79. The maximum atomic E-state index is 6.38. The minimum atomic E-state index is 0.692. The van der Waals surface area contributed by atoms with Gasteiger partial charge in [-0.05, 0) is 32.0 Å². The first-order chi connectivity index (χ1) is 16.8. The van der Waals surface area contributed by atoms with E-state index in [-0.39, 0.29) is 0 Å². The van der Waals surface area contributed by atoms with Gasteiger partial charge in [0.2, 0.25) is 5.36 Å². The third-order valence-electron chi connectivity index (χ3n) is 5.97. The fraction of sp³-hybridized carbons (Fsp3) is 0.538. The van der Waals surface area contributed by atoms with Gasteiger partial charge in [-0.15, -0.1) is 0 Å². The number of benzene rings is 2. The maximum absolute atomic E-state index is 6.38. The number of anilines is 1. The summed E-state index contributed by atoms with van der Waals surface area (Å²) in [4.78, 5) is 7.18. The molecule has 0 unspecified atom stereocenters. The third-order valence-corrected chi connectivity index (χ3v) is 7.82. The van der Waals surface area contributed by atoms with Crippen molar-refractivity contribution in [3.63, 3.8) is 0 Å². The number of aromatic nitrogens is 1. The molecule has 0 saturated carbocycles. The molecule has 184 valence electrons. The van der Waals surface area contributed by atoms with Crippen LogP contribution in [0.15, 0.2) is 40.8 Å². The monoisotopic (exact) mass is 502 g/mol. The molecular formula is C26H36N3O3S2+. The first-order valence-electron chi connectivity index (χ1n) is 12.3. The number of hydrogen-bond acceptors (Lipinski definition) is 7. The van der Waals surface area contributed by atoms with Crippen LogP contribution in [-0.4, -0.2) is 80.6 Å². The molecule has 3 aliphatic rings. The molecule has 2 heterocycles. The molecule has 0 aromatic heterocycles. The summed E-state index contributed by atoms with van der Waals surface area (Å²) in [6, 6.07) is 12.7. The summed E-state index contributed by atoms with van der Waals surface area (Å²) in [5.74, 6) is 5.01. The second-order valence-electron chi connectivity index (χ2n) is 8.13. The molecule has 1 aromatic rings. The molecule has 0 spiro atoms. The second-order valence-corrected chi connectivity index (χ2v) is 10.6. The van der Waals surface area contributed by atoms with E-state index in [1.807, 2.05) is 23.5 Å². The molecule has 1 saturated heterocycles. The Morgan fingerprint density at radius 2 is 1.56 bits per heavy atom. The van der Waals surface area contributed by atoms with E-state index in [0.29, 0.717) is 13.2 Å². The lowest BCUT2D eigenvalue weighted by Crippen LogP contribution is -2.34. The zero-order valence-corrected chi connectivity index (χ0v) is 22.0. The van der Waals surface area contributed by atoms with Crippen LogP contribution in [0.4, 0.5) is 5.69 Å². The van der Waals surface area contributed by atoms with Gasteiger partial charge < -0.3 is 18.8 Å². The molecule has 0 atom stereocenters. The van der Waals surface area contributed by atoms with Crippen molar-refractivity contribution in [3.05, 3.63) is 41.8 Å². The SMILES string of the molecule is CCN(CC)c1ccc2nc3ccc(=[N+]4CCSCCOCCOCCSCC4)cc-3oc2c1. The highest BCUT2D eigenvalue weighted by atomic mass is 32.2. The average Bonchev–Trinajstić information content (AvgIpc) is 2.87. The Hall–Kier alpha value is -1.74. The zero-order valence-electron chi connectivity index (χ0n) is 20.3. The number of hydrogen-bond donors (Lipinski definition) is 0. The van der Waals surface area contributed by atoms with Crippen molar-refractivity contribution in [1.29, 1.82) is 0 Å². The van der Waals surface area contributed by atoms with Crippen molar-refractivity contribution in [3.8, 4) is 11.5 Å². The van der Waals surface area contributed by atoms with E-state index < -0.39 is 0 Å². The standard InChI is InChI=1S/C26H36N3O3S2/c1-3-28(4-2)21-5-7-23-25(19-21)32-26-20-22(6-8-24(26)27-23)29-9-15-33-17-13-30-11-12-31-14-18-34-16-10-29/h5-8,19-20H,3-4,9-18H2,1-2H3/q+1. The van der Waals surface area contributed by atoms with E-state index in [4.69, 9.17) is 18.9 Å². The molecular weight excluding hydrogens is 466 g/mol. The van der Waals surface area contributed by atoms with Gasteiger partial charge in [-0.3, -0.25) is 0 Å². The summed E-state index contributed by atoms with van der Waals surface area (Å²) in [6.45, 7) is 11.2. The van der Waals surface area contributed by atoms with Crippen LogP contribution in [0, 0.1) is 0 Å². The van der Waals surface area contributed by atoms with Crippen LogP contribution in [0.2, 0.25) is 0 Å².